The number of anilines is 2. The lowest BCUT2D eigenvalue weighted by Gasteiger charge is -2.22. The molecule has 0 fully saturated rings. The van der Waals surface area contributed by atoms with E-state index in [9.17, 15) is 4.79 Å². The molecule has 1 aromatic carbocycles. The van der Waals surface area contributed by atoms with Crippen molar-refractivity contribution in [2.75, 3.05) is 5.32 Å². The van der Waals surface area contributed by atoms with Gasteiger partial charge in [0.25, 0.3) is 0 Å². The monoisotopic (exact) mass is 313 g/mol. The van der Waals surface area contributed by atoms with Crippen LogP contribution in [0.2, 0.25) is 0 Å². The van der Waals surface area contributed by atoms with Gasteiger partial charge in [0.15, 0.2) is 0 Å². The van der Waals surface area contributed by atoms with Crippen molar-refractivity contribution in [2.45, 2.75) is 39.3 Å². The quantitative estimate of drug-likeness (QED) is 0.877. The molecule has 2 aromatic rings. The van der Waals surface area contributed by atoms with E-state index in [0.717, 1.165) is 16.9 Å². The summed E-state index contributed by atoms with van der Waals surface area (Å²) in [5, 5.41) is 6.15. The fraction of sp³-hybridized carbons (Fsp3) is 0.333. The number of alkyl carbamates (subject to hydrolysis) is 1. The van der Waals surface area contributed by atoms with Gasteiger partial charge in [0.1, 0.15) is 5.60 Å². The van der Waals surface area contributed by atoms with Gasteiger partial charge in [0.2, 0.25) is 0 Å². The number of ether oxygens (including phenoxy) is 1. The smallest absolute Gasteiger partial charge is 0.408 e. The third kappa shape index (κ3) is 5.62. The van der Waals surface area contributed by atoms with E-state index in [1.54, 1.807) is 12.4 Å². The molecule has 122 valence electrons. The number of benzene rings is 1. The van der Waals surface area contributed by atoms with Gasteiger partial charge in [-0.25, -0.2) is 4.79 Å². The van der Waals surface area contributed by atoms with Gasteiger partial charge in [-0.05, 0) is 57.5 Å². The highest BCUT2D eigenvalue weighted by atomic mass is 16.6. The van der Waals surface area contributed by atoms with Crippen LogP contribution in [0.25, 0.3) is 0 Å². The molecule has 5 heteroatoms. The Bertz CT molecular complexity index is 651. The largest absolute Gasteiger partial charge is 0.444 e. The molecule has 0 bridgehead atoms. The molecule has 0 spiro atoms. The van der Waals surface area contributed by atoms with Crippen molar-refractivity contribution in [1.29, 1.82) is 0 Å². The van der Waals surface area contributed by atoms with Crippen LogP contribution in [0.3, 0.4) is 0 Å². The fourth-order valence-corrected chi connectivity index (χ4v) is 2.06. The number of hydrogen-bond acceptors (Lipinski definition) is 4. The van der Waals surface area contributed by atoms with Gasteiger partial charge in [0, 0.05) is 23.8 Å². The molecule has 0 aliphatic carbocycles. The molecular weight excluding hydrogens is 290 g/mol. The van der Waals surface area contributed by atoms with E-state index in [0.29, 0.717) is 0 Å². The van der Waals surface area contributed by atoms with Crippen molar-refractivity contribution in [3.63, 3.8) is 0 Å². The maximum Gasteiger partial charge on any atom is 0.408 e. The third-order valence-corrected chi connectivity index (χ3v) is 3.09. The highest BCUT2D eigenvalue weighted by molar-refractivity contribution is 5.68. The van der Waals surface area contributed by atoms with Crippen LogP contribution in [-0.4, -0.2) is 16.7 Å². The molecule has 1 aromatic heterocycles. The van der Waals surface area contributed by atoms with Crippen molar-refractivity contribution in [3.05, 3.63) is 54.4 Å². The molecular formula is C18H23N3O2. The van der Waals surface area contributed by atoms with Crippen LogP contribution >= 0.6 is 0 Å². The SMILES string of the molecule is CC(NC(=O)OC(C)(C)C)c1cccc(Nc2ccncc2)c1. The number of aromatic nitrogens is 1. The minimum atomic E-state index is -0.505. The molecule has 0 aliphatic heterocycles. The Labute approximate surface area is 137 Å². The Morgan fingerprint density at radius 1 is 1.13 bits per heavy atom. The zero-order valence-corrected chi connectivity index (χ0v) is 14.0. The van der Waals surface area contributed by atoms with Gasteiger partial charge >= 0.3 is 6.09 Å². The van der Waals surface area contributed by atoms with E-state index in [2.05, 4.69) is 15.6 Å². The van der Waals surface area contributed by atoms with Crippen LogP contribution in [0.5, 0.6) is 0 Å². The normalized spacial score (nSPS) is 12.3. The summed E-state index contributed by atoms with van der Waals surface area (Å²) in [7, 11) is 0. The first-order chi connectivity index (χ1) is 10.8. The molecule has 23 heavy (non-hydrogen) atoms. The number of carbonyl (C=O) groups excluding carboxylic acids is 1. The summed E-state index contributed by atoms with van der Waals surface area (Å²) in [5.74, 6) is 0. The van der Waals surface area contributed by atoms with Crippen LogP contribution in [0, 0.1) is 0 Å². The maximum atomic E-state index is 11.9. The Hall–Kier alpha value is -2.56. The predicted molar refractivity (Wildman–Crippen MR) is 91.7 cm³/mol. The van der Waals surface area contributed by atoms with Crippen LogP contribution in [0.1, 0.15) is 39.3 Å². The predicted octanol–water partition coefficient (Wildman–Crippen LogP) is 4.41. The second-order valence-electron chi connectivity index (χ2n) is 6.35. The average Bonchev–Trinajstić information content (AvgIpc) is 2.46. The second-order valence-corrected chi connectivity index (χ2v) is 6.35. The molecule has 0 saturated heterocycles. The number of carbonyl (C=O) groups is 1. The number of nitrogens with zero attached hydrogens (tertiary/aromatic N) is 1. The summed E-state index contributed by atoms with van der Waals surface area (Å²) in [6.07, 6.45) is 3.05. The zero-order valence-electron chi connectivity index (χ0n) is 14.0. The third-order valence-electron chi connectivity index (χ3n) is 3.09. The average molecular weight is 313 g/mol. The van der Waals surface area contributed by atoms with Crippen LogP contribution in [0.15, 0.2) is 48.8 Å². The Balaban J connectivity index is 2.02. The fourth-order valence-electron chi connectivity index (χ4n) is 2.06. The molecule has 0 aliphatic rings. The van der Waals surface area contributed by atoms with Crippen molar-refractivity contribution >= 4 is 17.5 Å². The van der Waals surface area contributed by atoms with Gasteiger partial charge < -0.3 is 15.4 Å². The van der Waals surface area contributed by atoms with Gasteiger partial charge in [0.05, 0.1) is 6.04 Å². The lowest BCUT2D eigenvalue weighted by molar-refractivity contribution is 0.0508. The van der Waals surface area contributed by atoms with Gasteiger partial charge in [-0.1, -0.05) is 12.1 Å². The summed E-state index contributed by atoms with van der Waals surface area (Å²) in [5.41, 5.74) is 2.40. The molecule has 5 nitrogen and oxygen atoms in total. The topological polar surface area (TPSA) is 63.2 Å². The Kier molecular flexibility index (Phi) is 5.21. The molecule has 2 rings (SSSR count). The van der Waals surface area contributed by atoms with Crippen LogP contribution in [0.4, 0.5) is 16.2 Å². The van der Waals surface area contributed by atoms with Gasteiger partial charge in [-0.3, -0.25) is 4.98 Å². The summed E-state index contributed by atoms with van der Waals surface area (Å²) < 4.78 is 5.28. The van der Waals surface area contributed by atoms with Crippen molar-refractivity contribution in [3.8, 4) is 0 Å². The highest BCUT2D eigenvalue weighted by Crippen LogP contribution is 2.21. The minimum absolute atomic E-state index is 0.149. The summed E-state index contributed by atoms with van der Waals surface area (Å²) in [6, 6.07) is 11.5. The first-order valence-electron chi connectivity index (χ1n) is 7.60. The number of hydrogen-bond donors (Lipinski definition) is 2. The Morgan fingerprint density at radius 2 is 1.83 bits per heavy atom. The van der Waals surface area contributed by atoms with Crippen molar-refractivity contribution in [1.82, 2.24) is 10.3 Å². The lowest BCUT2D eigenvalue weighted by Crippen LogP contribution is -2.34. The van der Waals surface area contributed by atoms with E-state index in [-0.39, 0.29) is 6.04 Å². The molecule has 1 atom stereocenters. The number of nitrogens with one attached hydrogen (secondary N) is 2. The standard InChI is InChI=1S/C18H23N3O2/c1-13(20-17(22)23-18(2,3)4)14-6-5-7-16(12-14)21-15-8-10-19-11-9-15/h5-13H,1-4H3,(H,19,21)(H,20,22). The molecule has 0 saturated carbocycles. The van der Waals surface area contributed by atoms with E-state index >= 15 is 0 Å². The molecule has 1 heterocycles. The molecule has 2 N–H and O–H groups in total. The lowest BCUT2D eigenvalue weighted by atomic mass is 10.1. The molecule has 1 amide bonds. The van der Waals surface area contributed by atoms with Crippen molar-refractivity contribution < 1.29 is 9.53 Å². The van der Waals surface area contributed by atoms with Crippen molar-refractivity contribution in [2.24, 2.45) is 0 Å². The zero-order chi connectivity index (χ0) is 16.9. The van der Waals surface area contributed by atoms with E-state index < -0.39 is 11.7 Å². The summed E-state index contributed by atoms with van der Waals surface area (Å²) >= 11 is 0. The van der Waals surface area contributed by atoms with E-state index in [4.69, 9.17) is 4.74 Å². The summed E-state index contributed by atoms with van der Waals surface area (Å²) in [4.78, 5) is 15.9. The Morgan fingerprint density at radius 3 is 2.48 bits per heavy atom. The van der Waals surface area contributed by atoms with E-state index in [1.165, 1.54) is 0 Å². The minimum Gasteiger partial charge on any atom is -0.444 e. The van der Waals surface area contributed by atoms with Crippen LogP contribution in [-0.2, 0) is 4.74 Å². The van der Waals surface area contributed by atoms with Crippen LogP contribution < -0.4 is 10.6 Å². The first kappa shape index (κ1) is 16.8. The van der Waals surface area contributed by atoms with Gasteiger partial charge in [-0.15, -0.1) is 0 Å². The van der Waals surface area contributed by atoms with Gasteiger partial charge in [-0.2, -0.15) is 0 Å². The highest BCUT2D eigenvalue weighted by Gasteiger charge is 2.18. The molecule has 0 radical (unpaired) electrons. The van der Waals surface area contributed by atoms with E-state index in [1.807, 2.05) is 64.1 Å². The number of rotatable bonds is 4. The first-order valence-corrected chi connectivity index (χ1v) is 7.60. The molecule has 1 unspecified atom stereocenters. The second kappa shape index (κ2) is 7.13. The maximum absolute atomic E-state index is 11.9. The summed E-state index contributed by atoms with van der Waals surface area (Å²) in [6.45, 7) is 7.46. The number of pyridine rings is 1. The number of amides is 1.